The van der Waals surface area contributed by atoms with Gasteiger partial charge in [-0.1, -0.05) is 30.3 Å². The Morgan fingerprint density at radius 2 is 1.74 bits per heavy atom. The van der Waals surface area contributed by atoms with Gasteiger partial charge in [-0.3, -0.25) is 14.9 Å². The summed E-state index contributed by atoms with van der Waals surface area (Å²) in [4.78, 5) is 34.5. The van der Waals surface area contributed by atoms with Crippen molar-refractivity contribution in [1.82, 2.24) is 0 Å². The van der Waals surface area contributed by atoms with Crippen molar-refractivity contribution in [1.29, 1.82) is 0 Å². The minimum absolute atomic E-state index is 0.0298. The van der Waals surface area contributed by atoms with Gasteiger partial charge >= 0.3 is 5.97 Å². The third-order valence-corrected chi connectivity index (χ3v) is 3.78. The van der Waals surface area contributed by atoms with E-state index in [1.807, 2.05) is 32.0 Å². The molecule has 0 radical (unpaired) electrons. The molecule has 0 aliphatic carbocycles. The van der Waals surface area contributed by atoms with Gasteiger partial charge < -0.3 is 14.8 Å². The van der Waals surface area contributed by atoms with Crippen molar-refractivity contribution in [2.75, 3.05) is 11.9 Å². The Kier molecular flexibility index (Phi) is 6.48. The molecule has 0 aliphatic heterocycles. The normalized spacial score (nSPS) is 11.4. The lowest BCUT2D eigenvalue weighted by atomic mass is 10.1. The molecule has 0 heterocycles. The van der Waals surface area contributed by atoms with Gasteiger partial charge in [0.2, 0.25) is 0 Å². The molecule has 1 N–H and O–H groups in total. The van der Waals surface area contributed by atoms with Gasteiger partial charge in [0.25, 0.3) is 11.6 Å². The Labute approximate surface area is 156 Å². The largest absolute Gasteiger partial charge is 0.481 e. The summed E-state index contributed by atoms with van der Waals surface area (Å²) in [5.74, 6) is -0.806. The number of carbonyl (C=O) groups is 2. The van der Waals surface area contributed by atoms with E-state index in [1.54, 1.807) is 6.07 Å². The molecular formula is C19H20N2O6. The van der Waals surface area contributed by atoms with E-state index in [0.717, 1.165) is 11.1 Å². The second-order valence-corrected chi connectivity index (χ2v) is 5.91. The van der Waals surface area contributed by atoms with Crippen molar-refractivity contribution < 1.29 is 24.0 Å². The molecule has 2 aromatic carbocycles. The number of hydrogen-bond acceptors (Lipinski definition) is 6. The molecule has 0 spiro atoms. The maximum Gasteiger partial charge on any atom is 0.344 e. The molecule has 27 heavy (non-hydrogen) atoms. The monoisotopic (exact) mass is 372 g/mol. The quantitative estimate of drug-likeness (QED) is 0.454. The number of hydrogen-bond donors (Lipinski definition) is 1. The van der Waals surface area contributed by atoms with E-state index >= 15 is 0 Å². The Balaban J connectivity index is 1.92. The number of aryl methyl sites for hydroxylation is 2. The van der Waals surface area contributed by atoms with Crippen LogP contribution in [0.1, 0.15) is 18.1 Å². The summed E-state index contributed by atoms with van der Waals surface area (Å²) in [7, 11) is 0. The average molecular weight is 372 g/mol. The molecule has 0 saturated heterocycles. The molecule has 2 aromatic rings. The summed E-state index contributed by atoms with van der Waals surface area (Å²) in [5.41, 5.74) is 1.54. The lowest BCUT2D eigenvalue weighted by Crippen LogP contribution is -2.32. The van der Waals surface area contributed by atoms with Gasteiger partial charge in [-0.15, -0.1) is 0 Å². The van der Waals surface area contributed by atoms with Crippen LogP contribution in [0.25, 0.3) is 0 Å². The first-order valence-electron chi connectivity index (χ1n) is 8.22. The molecule has 0 aliphatic rings. The number of nitrogens with one attached hydrogen (secondary N) is 1. The van der Waals surface area contributed by atoms with Gasteiger partial charge in [0.05, 0.1) is 4.92 Å². The fraction of sp³-hybridized carbons (Fsp3) is 0.263. The number of para-hydroxylation sites is 3. The zero-order chi connectivity index (χ0) is 20.0. The first-order chi connectivity index (χ1) is 12.8. The molecule has 8 nitrogen and oxygen atoms in total. The lowest BCUT2D eigenvalue weighted by molar-refractivity contribution is -0.383. The number of carbonyl (C=O) groups excluding carboxylic acids is 2. The molecule has 0 saturated carbocycles. The molecule has 0 aromatic heterocycles. The van der Waals surface area contributed by atoms with Crippen molar-refractivity contribution in [2.24, 2.45) is 0 Å². The SMILES string of the molecule is Cc1cccc(C)c1OCC(=O)O[C@@H](C)C(=O)Nc1ccccc1[N+](=O)[O-]. The molecule has 0 bridgehead atoms. The summed E-state index contributed by atoms with van der Waals surface area (Å²) in [6.45, 7) is 4.74. The van der Waals surface area contributed by atoms with Crippen molar-refractivity contribution in [2.45, 2.75) is 26.9 Å². The first-order valence-corrected chi connectivity index (χ1v) is 8.22. The van der Waals surface area contributed by atoms with Crippen LogP contribution in [0, 0.1) is 24.0 Å². The standard InChI is InChI=1S/C19H20N2O6/c1-12-7-6-8-13(2)18(12)26-11-17(22)27-14(3)19(23)20-15-9-4-5-10-16(15)21(24)25/h4-10,14H,11H2,1-3H3,(H,20,23)/t14-/m0/s1. The van der Waals surface area contributed by atoms with Crippen LogP contribution in [0.15, 0.2) is 42.5 Å². The Morgan fingerprint density at radius 1 is 1.11 bits per heavy atom. The summed E-state index contributed by atoms with van der Waals surface area (Å²) in [6, 6.07) is 11.3. The predicted molar refractivity (Wildman–Crippen MR) is 98.7 cm³/mol. The van der Waals surface area contributed by atoms with Crippen molar-refractivity contribution >= 4 is 23.3 Å². The van der Waals surface area contributed by atoms with Crippen LogP contribution >= 0.6 is 0 Å². The second-order valence-electron chi connectivity index (χ2n) is 5.91. The summed E-state index contributed by atoms with van der Waals surface area (Å²) < 4.78 is 10.5. The second kappa shape index (κ2) is 8.79. The van der Waals surface area contributed by atoms with Gasteiger partial charge in [-0.05, 0) is 38.0 Å². The van der Waals surface area contributed by atoms with Gasteiger partial charge in [0.15, 0.2) is 12.7 Å². The summed E-state index contributed by atoms with van der Waals surface area (Å²) in [5, 5.41) is 13.4. The maximum absolute atomic E-state index is 12.2. The van der Waals surface area contributed by atoms with E-state index in [2.05, 4.69) is 5.32 Å². The van der Waals surface area contributed by atoms with E-state index in [-0.39, 0.29) is 18.0 Å². The Hall–Kier alpha value is -3.42. The number of amides is 1. The Bertz CT molecular complexity index is 845. The third kappa shape index (κ3) is 5.27. The van der Waals surface area contributed by atoms with Gasteiger partial charge in [-0.25, -0.2) is 4.79 Å². The number of anilines is 1. The van der Waals surface area contributed by atoms with Crippen LogP contribution in [-0.4, -0.2) is 29.5 Å². The third-order valence-electron chi connectivity index (χ3n) is 3.78. The van der Waals surface area contributed by atoms with Crippen LogP contribution in [0.3, 0.4) is 0 Å². The molecule has 0 unspecified atom stereocenters. The molecule has 1 atom stereocenters. The van der Waals surface area contributed by atoms with E-state index < -0.39 is 22.9 Å². The molecule has 8 heteroatoms. The number of benzene rings is 2. The number of nitro groups is 1. The van der Waals surface area contributed by atoms with E-state index in [9.17, 15) is 19.7 Å². The highest BCUT2D eigenvalue weighted by Gasteiger charge is 2.22. The van der Waals surface area contributed by atoms with E-state index in [0.29, 0.717) is 5.75 Å². The number of nitrogens with zero attached hydrogens (tertiary/aromatic N) is 1. The molecule has 0 fully saturated rings. The van der Waals surface area contributed by atoms with Crippen molar-refractivity contribution in [3.8, 4) is 5.75 Å². The number of rotatable bonds is 7. The van der Waals surface area contributed by atoms with Crippen molar-refractivity contribution in [3.63, 3.8) is 0 Å². The lowest BCUT2D eigenvalue weighted by Gasteiger charge is -2.15. The highest BCUT2D eigenvalue weighted by Crippen LogP contribution is 2.24. The Morgan fingerprint density at radius 3 is 2.37 bits per heavy atom. The predicted octanol–water partition coefficient (Wildman–Crippen LogP) is 3.16. The van der Waals surface area contributed by atoms with E-state index in [4.69, 9.17) is 9.47 Å². The van der Waals surface area contributed by atoms with Crippen LogP contribution < -0.4 is 10.1 Å². The minimum Gasteiger partial charge on any atom is -0.481 e. The number of esters is 1. The maximum atomic E-state index is 12.2. The smallest absolute Gasteiger partial charge is 0.344 e. The summed E-state index contributed by atoms with van der Waals surface area (Å²) in [6.07, 6.45) is -1.14. The van der Waals surface area contributed by atoms with Gasteiger partial charge in [-0.2, -0.15) is 0 Å². The number of ether oxygens (including phenoxy) is 2. The van der Waals surface area contributed by atoms with Crippen LogP contribution in [-0.2, 0) is 14.3 Å². The highest BCUT2D eigenvalue weighted by molar-refractivity contribution is 5.96. The number of nitro benzene ring substituents is 1. The molecule has 142 valence electrons. The van der Waals surface area contributed by atoms with Crippen LogP contribution in [0.4, 0.5) is 11.4 Å². The zero-order valence-electron chi connectivity index (χ0n) is 15.2. The zero-order valence-corrected chi connectivity index (χ0v) is 15.2. The molecule has 2 rings (SSSR count). The van der Waals surface area contributed by atoms with Gasteiger partial charge in [0.1, 0.15) is 11.4 Å². The molecular weight excluding hydrogens is 352 g/mol. The van der Waals surface area contributed by atoms with Crippen molar-refractivity contribution in [3.05, 3.63) is 63.7 Å². The first kappa shape index (κ1) is 19.9. The summed E-state index contributed by atoms with van der Waals surface area (Å²) >= 11 is 0. The fourth-order valence-electron chi connectivity index (χ4n) is 2.42. The van der Waals surface area contributed by atoms with E-state index in [1.165, 1.54) is 25.1 Å². The average Bonchev–Trinajstić information content (AvgIpc) is 2.61. The highest BCUT2D eigenvalue weighted by atomic mass is 16.6. The van der Waals surface area contributed by atoms with Crippen LogP contribution in [0.2, 0.25) is 0 Å². The minimum atomic E-state index is -1.14. The van der Waals surface area contributed by atoms with Gasteiger partial charge in [0, 0.05) is 6.07 Å². The fourth-order valence-corrected chi connectivity index (χ4v) is 2.42. The molecule has 1 amide bonds. The van der Waals surface area contributed by atoms with Crippen LogP contribution in [0.5, 0.6) is 5.75 Å². The topological polar surface area (TPSA) is 108 Å².